The van der Waals surface area contributed by atoms with Crippen molar-refractivity contribution in [1.82, 2.24) is 9.97 Å². The van der Waals surface area contributed by atoms with Crippen molar-refractivity contribution in [2.75, 3.05) is 0 Å². The maximum atomic E-state index is 14.0. The molecule has 0 spiro atoms. The molecule has 2 rings (SSSR count). The van der Waals surface area contributed by atoms with Crippen molar-refractivity contribution in [3.8, 4) is 0 Å². The van der Waals surface area contributed by atoms with Gasteiger partial charge in [-0.2, -0.15) is 8.78 Å². The van der Waals surface area contributed by atoms with Crippen molar-refractivity contribution in [2.24, 2.45) is 0 Å². The molecule has 0 fully saturated rings. The van der Waals surface area contributed by atoms with E-state index in [0.717, 1.165) is 11.3 Å². The second kappa shape index (κ2) is 10.4. The van der Waals surface area contributed by atoms with E-state index in [9.17, 15) is 8.78 Å². The van der Waals surface area contributed by atoms with Crippen LogP contribution in [-0.2, 0) is 18.8 Å². The lowest BCUT2D eigenvalue weighted by atomic mass is 9.94. The molecule has 0 atom stereocenters. The molecule has 0 bridgehead atoms. The molecule has 6 heteroatoms. The summed E-state index contributed by atoms with van der Waals surface area (Å²) in [5, 5.41) is 9.14. The molecule has 2 aromatic rings. The van der Waals surface area contributed by atoms with Crippen molar-refractivity contribution in [3.63, 3.8) is 0 Å². The van der Waals surface area contributed by atoms with E-state index in [1.165, 1.54) is 12.3 Å². The fourth-order valence-electron chi connectivity index (χ4n) is 3.01. The molecule has 2 aromatic heterocycles. The smallest absolute Gasteiger partial charge is 0.289 e. The van der Waals surface area contributed by atoms with Crippen LogP contribution in [0.5, 0.6) is 0 Å². The number of hydrogen-bond acceptors (Lipinski definition) is 3. The van der Waals surface area contributed by atoms with Crippen LogP contribution in [0.1, 0.15) is 56.1 Å². The zero-order valence-electron chi connectivity index (χ0n) is 17.0. The summed E-state index contributed by atoms with van der Waals surface area (Å²) in [6.07, 6.45) is 9.74. The SMILES string of the molecule is C/C=C\C=C(/C(=N)Cc1ccc(C(F)(F)CCC)nc1)c1cc(Cl)cnc1CC. The van der Waals surface area contributed by atoms with Crippen LogP contribution in [0.2, 0.25) is 5.02 Å². The van der Waals surface area contributed by atoms with Gasteiger partial charge in [-0.3, -0.25) is 9.97 Å². The lowest BCUT2D eigenvalue weighted by molar-refractivity contribution is -0.0184. The molecule has 0 saturated carbocycles. The average Bonchev–Trinajstić information content (AvgIpc) is 2.69. The molecular formula is C23H26ClF2N3. The molecule has 0 unspecified atom stereocenters. The Kier molecular flexibility index (Phi) is 8.21. The lowest BCUT2D eigenvalue weighted by Gasteiger charge is -2.16. The number of aromatic nitrogens is 2. The van der Waals surface area contributed by atoms with E-state index in [4.69, 9.17) is 17.0 Å². The van der Waals surface area contributed by atoms with E-state index in [-0.39, 0.29) is 18.5 Å². The van der Waals surface area contributed by atoms with Crippen LogP contribution >= 0.6 is 11.6 Å². The third-order valence-corrected chi connectivity index (χ3v) is 4.69. The summed E-state index contributed by atoms with van der Waals surface area (Å²) in [5.74, 6) is -2.93. The zero-order chi connectivity index (χ0) is 21.4. The van der Waals surface area contributed by atoms with Gasteiger partial charge < -0.3 is 5.41 Å². The third-order valence-electron chi connectivity index (χ3n) is 4.49. The van der Waals surface area contributed by atoms with Gasteiger partial charge in [-0.15, -0.1) is 0 Å². The quantitative estimate of drug-likeness (QED) is 0.360. The highest BCUT2D eigenvalue weighted by Crippen LogP contribution is 2.31. The zero-order valence-corrected chi connectivity index (χ0v) is 17.7. The van der Waals surface area contributed by atoms with Gasteiger partial charge in [0, 0.05) is 47.8 Å². The Morgan fingerprint density at radius 3 is 2.55 bits per heavy atom. The van der Waals surface area contributed by atoms with Crippen molar-refractivity contribution in [1.29, 1.82) is 5.41 Å². The number of rotatable bonds is 9. The number of allylic oxidation sites excluding steroid dienone is 4. The average molecular weight is 418 g/mol. The van der Waals surface area contributed by atoms with Crippen LogP contribution in [0, 0.1) is 5.41 Å². The Bertz CT molecular complexity index is 903. The first-order valence-corrected chi connectivity index (χ1v) is 10.1. The largest absolute Gasteiger partial charge is 0.304 e. The van der Waals surface area contributed by atoms with Gasteiger partial charge in [0.2, 0.25) is 0 Å². The Balaban J connectivity index is 2.31. The molecule has 0 aromatic carbocycles. The summed E-state index contributed by atoms with van der Waals surface area (Å²) in [5.41, 5.74) is 3.17. The van der Waals surface area contributed by atoms with Crippen LogP contribution in [0.15, 0.2) is 48.8 Å². The van der Waals surface area contributed by atoms with E-state index in [1.54, 1.807) is 19.2 Å². The highest BCUT2D eigenvalue weighted by molar-refractivity contribution is 6.31. The molecule has 3 nitrogen and oxygen atoms in total. The van der Waals surface area contributed by atoms with Crippen LogP contribution in [-0.4, -0.2) is 15.7 Å². The first kappa shape index (κ1) is 22.9. The molecule has 0 saturated heterocycles. The number of halogens is 3. The molecule has 2 heterocycles. The predicted molar refractivity (Wildman–Crippen MR) is 116 cm³/mol. The number of aryl methyl sites for hydroxylation is 1. The third kappa shape index (κ3) is 6.04. The van der Waals surface area contributed by atoms with Gasteiger partial charge >= 0.3 is 0 Å². The van der Waals surface area contributed by atoms with Crippen molar-refractivity contribution in [2.45, 2.75) is 52.4 Å². The molecule has 0 aliphatic heterocycles. The molecule has 0 aliphatic carbocycles. The van der Waals surface area contributed by atoms with Crippen LogP contribution in [0.4, 0.5) is 8.78 Å². The van der Waals surface area contributed by atoms with Crippen molar-refractivity contribution in [3.05, 3.63) is 76.4 Å². The lowest BCUT2D eigenvalue weighted by Crippen LogP contribution is -2.15. The maximum absolute atomic E-state index is 14.0. The van der Waals surface area contributed by atoms with E-state index >= 15 is 0 Å². The highest BCUT2D eigenvalue weighted by atomic mass is 35.5. The van der Waals surface area contributed by atoms with Gasteiger partial charge in [-0.05, 0) is 31.0 Å². The van der Waals surface area contributed by atoms with E-state index < -0.39 is 5.92 Å². The highest BCUT2D eigenvalue weighted by Gasteiger charge is 2.31. The maximum Gasteiger partial charge on any atom is 0.289 e. The van der Waals surface area contributed by atoms with Gasteiger partial charge in [-0.1, -0.05) is 56.2 Å². The minimum absolute atomic E-state index is 0.229. The molecule has 1 N–H and O–H groups in total. The molecular weight excluding hydrogens is 392 g/mol. The molecule has 0 amide bonds. The van der Waals surface area contributed by atoms with Crippen LogP contribution in [0.25, 0.3) is 5.57 Å². The van der Waals surface area contributed by atoms with Crippen molar-refractivity contribution >= 4 is 22.9 Å². The summed E-state index contributed by atoms with van der Waals surface area (Å²) in [6, 6.07) is 4.78. The number of pyridine rings is 2. The summed E-state index contributed by atoms with van der Waals surface area (Å²) in [4.78, 5) is 8.33. The van der Waals surface area contributed by atoms with Gasteiger partial charge in [0.15, 0.2) is 0 Å². The minimum atomic E-state index is -2.93. The fraction of sp³-hybridized carbons (Fsp3) is 0.348. The number of hydrogen-bond donors (Lipinski definition) is 1. The Morgan fingerprint density at radius 1 is 1.21 bits per heavy atom. The summed E-state index contributed by atoms with van der Waals surface area (Å²) in [6.45, 7) is 5.61. The first-order valence-electron chi connectivity index (χ1n) is 9.71. The van der Waals surface area contributed by atoms with E-state index in [1.807, 2.05) is 38.1 Å². The molecule has 0 radical (unpaired) electrons. The van der Waals surface area contributed by atoms with Gasteiger partial charge in [-0.25, -0.2) is 0 Å². The van der Waals surface area contributed by atoms with E-state index in [0.29, 0.717) is 34.7 Å². The van der Waals surface area contributed by atoms with Gasteiger partial charge in [0.25, 0.3) is 5.92 Å². The fourth-order valence-corrected chi connectivity index (χ4v) is 3.17. The standard InChI is InChI=1S/C23H26ClF2N3/c1-4-7-8-18(19-13-17(24)15-28-21(19)6-3)20(27)12-16-9-10-22(29-14-16)23(25,26)11-5-2/h4,7-10,13-15,27H,5-6,11-12H2,1-3H3/b7-4-,18-8-,27-20?. The van der Waals surface area contributed by atoms with E-state index in [2.05, 4.69) is 9.97 Å². The summed E-state index contributed by atoms with van der Waals surface area (Å²) in [7, 11) is 0. The Hall–Kier alpha value is -2.40. The second-order valence-electron chi connectivity index (χ2n) is 6.77. The second-order valence-corrected chi connectivity index (χ2v) is 7.21. The van der Waals surface area contributed by atoms with Crippen LogP contribution < -0.4 is 0 Å². The number of alkyl halides is 2. The van der Waals surface area contributed by atoms with Gasteiger partial charge in [0.05, 0.1) is 5.02 Å². The topological polar surface area (TPSA) is 49.6 Å². The summed E-state index contributed by atoms with van der Waals surface area (Å²) < 4.78 is 28.0. The number of nitrogens with one attached hydrogen (secondary N) is 1. The first-order chi connectivity index (χ1) is 13.8. The normalized spacial score (nSPS) is 12.6. The molecule has 154 valence electrons. The predicted octanol–water partition coefficient (Wildman–Crippen LogP) is 6.81. The molecule has 0 aliphatic rings. The number of nitrogens with zero attached hydrogens (tertiary/aromatic N) is 2. The Labute approximate surface area is 176 Å². The Morgan fingerprint density at radius 2 is 1.97 bits per heavy atom. The minimum Gasteiger partial charge on any atom is -0.304 e. The summed E-state index contributed by atoms with van der Waals surface area (Å²) >= 11 is 6.14. The van der Waals surface area contributed by atoms with Crippen molar-refractivity contribution < 1.29 is 8.78 Å². The van der Waals surface area contributed by atoms with Gasteiger partial charge in [0.1, 0.15) is 5.69 Å². The molecule has 29 heavy (non-hydrogen) atoms. The van der Waals surface area contributed by atoms with Crippen LogP contribution in [0.3, 0.4) is 0 Å². The monoisotopic (exact) mass is 417 g/mol.